The first-order valence-corrected chi connectivity index (χ1v) is 11.2. The van der Waals surface area contributed by atoms with Gasteiger partial charge in [0.05, 0.1) is 24.4 Å². The summed E-state index contributed by atoms with van der Waals surface area (Å²) in [5.74, 6) is 1.00. The van der Waals surface area contributed by atoms with E-state index >= 15 is 0 Å². The molecule has 0 bridgehead atoms. The van der Waals surface area contributed by atoms with E-state index in [-0.39, 0.29) is 12.1 Å². The molecule has 170 valence electrons. The van der Waals surface area contributed by atoms with Gasteiger partial charge in [0.25, 0.3) is 0 Å². The molecule has 8 heteroatoms. The van der Waals surface area contributed by atoms with Crippen molar-refractivity contribution in [1.82, 2.24) is 20.2 Å². The standard InChI is InChI=1S/C26H22N4O3S/c1-32-25(31)19-8-4-7-18(14-19)21-10-11-22(33-21)24-23(20-9-2-3-13-28-20)29-26(34)30(24)16-17-6-5-12-27-15-17/h2-15,23-24H,16H2,1H3,(H,29,34)/t23-,24+/m1/s1. The quantitative estimate of drug-likeness (QED) is 0.321. The third-order valence-corrected chi connectivity index (χ3v) is 6.11. The SMILES string of the molecule is COC(=O)c1cccc(-c2ccc([C@H]3[C@@H](c4ccccn4)NC(=S)N3Cc3cccnc3)o2)c1. The number of pyridine rings is 2. The number of nitrogens with zero attached hydrogens (tertiary/aromatic N) is 3. The molecule has 1 aromatic carbocycles. The lowest BCUT2D eigenvalue weighted by molar-refractivity contribution is 0.0601. The average Bonchev–Trinajstić information content (AvgIpc) is 3.50. The Morgan fingerprint density at radius 1 is 1.12 bits per heavy atom. The van der Waals surface area contributed by atoms with Gasteiger partial charge in [-0.2, -0.15) is 0 Å². The highest BCUT2D eigenvalue weighted by molar-refractivity contribution is 7.80. The third kappa shape index (κ3) is 4.27. The maximum atomic E-state index is 12.0. The Hall–Kier alpha value is -4.04. The summed E-state index contributed by atoms with van der Waals surface area (Å²) < 4.78 is 11.2. The number of benzene rings is 1. The summed E-state index contributed by atoms with van der Waals surface area (Å²) in [5, 5.41) is 4.04. The van der Waals surface area contributed by atoms with E-state index < -0.39 is 5.97 Å². The van der Waals surface area contributed by atoms with Crippen molar-refractivity contribution in [3.8, 4) is 11.3 Å². The zero-order valence-corrected chi connectivity index (χ0v) is 19.2. The smallest absolute Gasteiger partial charge is 0.337 e. The van der Waals surface area contributed by atoms with Crippen molar-refractivity contribution in [3.05, 3.63) is 108 Å². The number of carbonyl (C=O) groups excluding carboxylic acids is 1. The molecule has 0 amide bonds. The van der Waals surface area contributed by atoms with Crippen LogP contribution in [0.1, 0.15) is 39.5 Å². The molecule has 0 unspecified atom stereocenters. The molecule has 0 spiro atoms. The van der Waals surface area contributed by atoms with Gasteiger partial charge in [-0.3, -0.25) is 9.97 Å². The van der Waals surface area contributed by atoms with Gasteiger partial charge in [0.15, 0.2) is 5.11 Å². The molecule has 1 fully saturated rings. The predicted octanol–water partition coefficient (Wildman–Crippen LogP) is 4.70. The monoisotopic (exact) mass is 470 g/mol. The molecule has 1 aliphatic heterocycles. The second-order valence-electron chi connectivity index (χ2n) is 7.89. The molecule has 0 radical (unpaired) electrons. The number of esters is 1. The Morgan fingerprint density at radius 2 is 2.03 bits per heavy atom. The molecule has 34 heavy (non-hydrogen) atoms. The van der Waals surface area contributed by atoms with Crippen molar-refractivity contribution in [2.75, 3.05) is 7.11 Å². The summed E-state index contributed by atoms with van der Waals surface area (Å²) in [5.41, 5.74) is 3.16. The average molecular weight is 471 g/mol. The first-order chi connectivity index (χ1) is 16.6. The molecule has 1 aliphatic rings. The second-order valence-corrected chi connectivity index (χ2v) is 8.28. The van der Waals surface area contributed by atoms with Crippen molar-refractivity contribution >= 4 is 23.3 Å². The van der Waals surface area contributed by atoms with Crippen LogP contribution in [0, 0.1) is 0 Å². The molecule has 2 atom stereocenters. The highest BCUT2D eigenvalue weighted by Crippen LogP contribution is 2.41. The molecule has 3 aromatic heterocycles. The van der Waals surface area contributed by atoms with E-state index in [0.717, 1.165) is 22.6 Å². The fraction of sp³-hybridized carbons (Fsp3) is 0.154. The number of thiocarbonyl (C=S) groups is 1. The van der Waals surface area contributed by atoms with Gasteiger partial charge in [-0.05, 0) is 60.2 Å². The van der Waals surface area contributed by atoms with Gasteiger partial charge in [-0.25, -0.2) is 4.79 Å². The first kappa shape index (κ1) is 21.8. The minimum atomic E-state index is -0.392. The van der Waals surface area contributed by atoms with Crippen LogP contribution in [0.5, 0.6) is 0 Å². The Balaban J connectivity index is 1.52. The van der Waals surface area contributed by atoms with E-state index in [1.54, 1.807) is 30.6 Å². The molecule has 4 aromatic rings. The van der Waals surface area contributed by atoms with Crippen LogP contribution in [-0.2, 0) is 11.3 Å². The largest absolute Gasteiger partial charge is 0.465 e. The lowest BCUT2D eigenvalue weighted by atomic mass is 10.0. The van der Waals surface area contributed by atoms with Crippen LogP contribution < -0.4 is 5.32 Å². The predicted molar refractivity (Wildman–Crippen MR) is 131 cm³/mol. The lowest BCUT2D eigenvalue weighted by Gasteiger charge is -2.26. The van der Waals surface area contributed by atoms with Gasteiger partial charge >= 0.3 is 5.97 Å². The van der Waals surface area contributed by atoms with E-state index in [1.807, 2.05) is 54.7 Å². The number of rotatable bonds is 6. The van der Waals surface area contributed by atoms with Gasteiger partial charge < -0.3 is 19.4 Å². The maximum absolute atomic E-state index is 12.0. The van der Waals surface area contributed by atoms with E-state index in [0.29, 0.717) is 23.0 Å². The zero-order chi connectivity index (χ0) is 23.5. The molecule has 5 rings (SSSR count). The second kappa shape index (κ2) is 9.44. The summed E-state index contributed by atoms with van der Waals surface area (Å²) in [6, 6.07) is 20.4. The molecule has 0 aliphatic carbocycles. The van der Waals surface area contributed by atoms with Crippen LogP contribution in [0.4, 0.5) is 0 Å². The van der Waals surface area contributed by atoms with E-state index in [1.165, 1.54) is 7.11 Å². The topological polar surface area (TPSA) is 80.5 Å². The van der Waals surface area contributed by atoms with Crippen LogP contribution in [0.3, 0.4) is 0 Å². The Morgan fingerprint density at radius 3 is 2.79 bits per heavy atom. The third-order valence-electron chi connectivity index (χ3n) is 5.76. The van der Waals surface area contributed by atoms with Crippen molar-refractivity contribution in [2.45, 2.75) is 18.6 Å². The lowest BCUT2D eigenvalue weighted by Crippen LogP contribution is -2.29. The number of hydrogen-bond acceptors (Lipinski definition) is 6. The van der Waals surface area contributed by atoms with E-state index in [4.69, 9.17) is 21.4 Å². The van der Waals surface area contributed by atoms with Gasteiger partial charge in [0.2, 0.25) is 0 Å². The fourth-order valence-corrected chi connectivity index (χ4v) is 4.46. The number of ether oxygens (including phenoxy) is 1. The molecule has 1 saturated heterocycles. The summed E-state index contributed by atoms with van der Waals surface area (Å²) >= 11 is 5.73. The van der Waals surface area contributed by atoms with Crippen LogP contribution in [0.25, 0.3) is 11.3 Å². The molecule has 4 heterocycles. The van der Waals surface area contributed by atoms with Crippen molar-refractivity contribution in [1.29, 1.82) is 0 Å². The highest BCUT2D eigenvalue weighted by atomic mass is 32.1. The maximum Gasteiger partial charge on any atom is 0.337 e. The van der Waals surface area contributed by atoms with Gasteiger partial charge in [0, 0.05) is 30.7 Å². The number of methoxy groups -OCH3 is 1. The zero-order valence-electron chi connectivity index (χ0n) is 18.4. The molecule has 1 N–H and O–H groups in total. The van der Waals surface area contributed by atoms with E-state index in [2.05, 4.69) is 20.2 Å². The van der Waals surface area contributed by atoms with Crippen molar-refractivity contribution in [3.63, 3.8) is 0 Å². The Bertz CT molecular complexity index is 1310. The van der Waals surface area contributed by atoms with Crippen molar-refractivity contribution < 1.29 is 13.9 Å². The molecular weight excluding hydrogens is 448 g/mol. The van der Waals surface area contributed by atoms with E-state index in [9.17, 15) is 4.79 Å². The first-order valence-electron chi connectivity index (χ1n) is 10.8. The van der Waals surface area contributed by atoms with Gasteiger partial charge in [0.1, 0.15) is 17.6 Å². The summed E-state index contributed by atoms with van der Waals surface area (Å²) in [7, 11) is 1.37. The van der Waals surface area contributed by atoms with Gasteiger partial charge in [-0.15, -0.1) is 0 Å². The normalized spacial score (nSPS) is 17.4. The minimum Gasteiger partial charge on any atom is -0.465 e. The number of nitrogens with one attached hydrogen (secondary N) is 1. The number of furan rings is 1. The Kier molecular flexibility index (Phi) is 6.05. The number of hydrogen-bond donors (Lipinski definition) is 1. The van der Waals surface area contributed by atoms with Crippen LogP contribution in [-0.4, -0.2) is 33.1 Å². The molecular formula is C26H22N4O3S. The number of carbonyl (C=O) groups is 1. The molecule has 7 nitrogen and oxygen atoms in total. The minimum absolute atomic E-state index is 0.189. The summed E-state index contributed by atoms with van der Waals surface area (Å²) in [6.07, 6.45) is 5.35. The van der Waals surface area contributed by atoms with Crippen LogP contribution >= 0.6 is 12.2 Å². The highest BCUT2D eigenvalue weighted by Gasteiger charge is 2.41. The Labute approximate surface area is 202 Å². The van der Waals surface area contributed by atoms with Crippen LogP contribution in [0.15, 0.2) is 89.7 Å². The van der Waals surface area contributed by atoms with Crippen molar-refractivity contribution in [2.24, 2.45) is 0 Å². The van der Waals surface area contributed by atoms with Gasteiger partial charge in [-0.1, -0.05) is 24.3 Å². The number of aromatic nitrogens is 2. The fourth-order valence-electron chi connectivity index (χ4n) is 4.16. The summed E-state index contributed by atoms with van der Waals surface area (Å²) in [6.45, 7) is 0.571. The summed E-state index contributed by atoms with van der Waals surface area (Å²) in [4.78, 5) is 22.9. The molecule has 0 saturated carbocycles. The van der Waals surface area contributed by atoms with Crippen LogP contribution in [0.2, 0.25) is 0 Å².